The van der Waals surface area contributed by atoms with Crippen LogP contribution in [0.2, 0.25) is 0 Å². The van der Waals surface area contributed by atoms with Crippen molar-refractivity contribution in [2.45, 2.75) is 38.3 Å². The monoisotopic (exact) mass is 290 g/mol. The summed E-state index contributed by atoms with van der Waals surface area (Å²) in [4.78, 5) is 16.3. The van der Waals surface area contributed by atoms with Crippen LogP contribution in [0.25, 0.3) is 0 Å². The maximum absolute atomic E-state index is 13.7. The Labute approximate surface area is 125 Å². The van der Waals surface area contributed by atoms with Gasteiger partial charge in [-0.1, -0.05) is 18.2 Å². The molecule has 3 rings (SSSR count). The first-order valence-electron chi connectivity index (χ1n) is 7.87. The molecule has 1 amide bonds. The summed E-state index contributed by atoms with van der Waals surface area (Å²) in [5.74, 6) is 0.495. The Kier molecular flexibility index (Phi) is 4.24. The summed E-state index contributed by atoms with van der Waals surface area (Å²) in [6, 6.07) is 7.33. The highest BCUT2D eigenvalue weighted by Crippen LogP contribution is 2.32. The minimum atomic E-state index is -0.124. The summed E-state index contributed by atoms with van der Waals surface area (Å²) in [6.07, 6.45) is 4.11. The van der Waals surface area contributed by atoms with Crippen molar-refractivity contribution in [1.82, 2.24) is 9.80 Å². The third-order valence-corrected chi connectivity index (χ3v) is 4.73. The molecule has 1 saturated heterocycles. The zero-order chi connectivity index (χ0) is 14.8. The second-order valence-corrected chi connectivity index (χ2v) is 6.32. The Morgan fingerprint density at radius 3 is 2.52 bits per heavy atom. The smallest absolute Gasteiger partial charge is 0.225 e. The fourth-order valence-electron chi connectivity index (χ4n) is 3.13. The SMILES string of the molecule is CN(C(=O)C1CC1)C1CCN(Cc2ccccc2F)CC1. The lowest BCUT2D eigenvalue weighted by Crippen LogP contribution is -2.45. The number of amides is 1. The average molecular weight is 290 g/mol. The van der Waals surface area contributed by atoms with E-state index in [0.717, 1.165) is 44.3 Å². The first kappa shape index (κ1) is 14.5. The highest BCUT2D eigenvalue weighted by Gasteiger charge is 2.35. The predicted molar refractivity (Wildman–Crippen MR) is 80.2 cm³/mol. The molecule has 0 atom stereocenters. The van der Waals surface area contributed by atoms with E-state index in [-0.39, 0.29) is 5.82 Å². The normalized spacial score (nSPS) is 20.5. The number of carbonyl (C=O) groups is 1. The van der Waals surface area contributed by atoms with Crippen molar-refractivity contribution in [2.75, 3.05) is 20.1 Å². The fraction of sp³-hybridized carbons (Fsp3) is 0.588. The van der Waals surface area contributed by atoms with Crippen molar-refractivity contribution in [3.8, 4) is 0 Å². The molecule has 1 aromatic carbocycles. The number of hydrogen-bond acceptors (Lipinski definition) is 2. The molecule has 0 aromatic heterocycles. The molecule has 2 fully saturated rings. The molecule has 0 spiro atoms. The first-order valence-corrected chi connectivity index (χ1v) is 7.87. The van der Waals surface area contributed by atoms with Crippen molar-refractivity contribution in [3.63, 3.8) is 0 Å². The van der Waals surface area contributed by atoms with Crippen molar-refractivity contribution < 1.29 is 9.18 Å². The number of likely N-dealkylation sites (tertiary alicyclic amines) is 1. The van der Waals surface area contributed by atoms with Crippen LogP contribution in [-0.2, 0) is 11.3 Å². The Bertz CT molecular complexity index is 507. The molecule has 3 nitrogen and oxygen atoms in total. The molecule has 4 heteroatoms. The molecule has 114 valence electrons. The van der Waals surface area contributed by atoms with Crippen LogP contribution in [0.3, 0.4) is 0 Å². The molecular weight excluding hydrogens is 267 g/mol. The topological polar surface area (TPSA) is 23.6 Å². The number of carbonyl (C=O) groups excluding carboxylic acids is 1. The lowest BCUT2D eigenvalue weighted by molar-refractivity contribution is -0.134. The van der Waals surface area contributed by atoms with E-state index in [1.165, 1.54) is 6.07 Å². The van der Waals surface area contributed by atoms with Gasteiger partial charge in [0.15, 0.2) is 0 Å². The Hall–Kier alpha value is -1.42. The highest BCUT2D eigenvalue weighted by molar-refractivity contribution is 5.81. The van der Waals surface area contributed by atoms with E-state index in [2.05, 4.69) is 4.90 Å². The van der Waals surface area contributed by atoms with Gasteiger partial charge in [0.25, 0.3) is 0 Å². The van der Waals surface area contributed by atoms with Gasteiger partial charge in [-0.25, -0.2) is 4.39 Å². The van der Waals surface area contributed by atoms with Crippen LogP contribution in [0.4, 0.5) is 4.39 Å². The maximum atomic E-state index is 13.7. The van der Waals surface area contributed by atoms with Crippen LogP contribution in [-0.4, -0.2) is 41.9 Å². The zero-order valence-corrected chi connectivity index (χ0v) is 12.6. The van der Waals surface area contributed by atoms with Crippen LogP contribution in [0.15, 0.2) is 24.3 Å². The second-order valence-electron chi connectivity index (χ2n) is 6.32. The second kappa shape index (κ2) is 6.14. The molecule has 1 heterocycles. The van der Waals surface area contributed by atoms with Gasteiger partial charge >= 0.3 is 0 Å². The van der Waals surface area contributed by atoms with Crippen molar-refractivity contribution >= 4 is 5.91 Å². The molecule has 21 heavy (non-hydrogen) atoms. The van der Waals surface area contributed by atoms with Crippen molar-refractivity contribution in [2.24, 2.45) is 5.92 Å². The van der Waals surface area contributed by atoms with Gasteiger partial charge in [-0.2, -0.15) is 0 Å². The van der Waals surface area contributed by atoms with E-state index < -0.39 is 0 Å². The van der Waals surface area contributed by atoms with Crippen LogP contribution < -0.4 is 0 Å². The summed E-state index contributed by atoms with van der Waals surface area (Å²) < 4.78 is 13.7. The van der Waals surface area contributed by atoms with Gasteiger partial charge < -0.3 is 4.90 Å². The van der Waals surface area contributed by atoms with Crippen molar-refractivity contribution in [3.05, 3.63) is 35.6 Å². The van der Waals surface area contributed by atoms with Gasteiger partial charge in [0.2, 0.25) is 5.91 Å². The molecule has 0 radical (unpaired) electrons. The number of rotatable bonds is 4. The highest BCUT2D eigenvalue weighted by atomic mass is 19.1. The number of piperidine rings is 1. The van der Waals surface area contributed by atoms with E-state index in [1.54, 1.807) is 6.07 Å². The van der Waals surface area contributed by atoms with Gasteiger partial charge in [0.1, 0.15) is 5.82 Å². The van der Waals surface area contributed by atoms with E-state index in [0.29, 0.717) is 24.4 Å². The lowest BCUT2D eigenvalue weighted by Gasteiger charge is -2.37. The molecule has 1 saturated carbocycles. The third kappa shape index (κ3) is 3.43. The van der Waals surface area contributed by atoms with Crippen LogP contribution in [0.5, 0.6) is 0 Å². The van der Waals surface area contributed by atoms with Crippen molar-refractivity contribution in [1.29, 1.82) is 0 Å². The number of halogens is 1. The zero-order valence-electron chi connectivity index (χ0n) is 12.6. The van der Waals surface area contributed by atoms with E-state index in [1.807, 2.05) is 24.1 Å². The largest absolute Gasteiger partial charge is 0.342 e. The van der Waals surface area contributed by atoms with E-state index >= 15 is 0 Å². The average Bonchev–Trinajstić information content (AvgIpc) is 3.34. The van der Waals surface area contributed by atoms with E-state index in [9.17, 15) is 9.18 Å². The maximum Gasteiger partial charge on any atom is 0.225 e. The van der Waals surface area contributed by atoms with Crippen LogP contribution in [0.1, 0.15) is 31.2 Å². The molecule has 1 aliphatic carbocycles. The van der Waals surface area contributed by atoms with Gasteiger partial charge in [0.05, 0.1) is 0 Å². The van der Waals surface area contributed by atoms with Gasteiger partial charge in [-0.3, -0.25) is 9.69 Å². The number of benzene rings is 1. The summed E-state index contributed by atoms with van der Waals surface area (Å²) in [5.41, 5.74) is 0.762. The standard InChI is InChI=1S/C17H23FN2O/c1-19(17(21)13-6-7-13)15-8-10-20(11-9-15)12-14-4-2-3-5-16(14)18/h2-5,13,15H,6-12H2,1H3. The van der Waals surface area contributed by atoms with E-state index in [4.69, 9.17) is 0 Å². The summed E-state index contributed by atoms with van der Waals surface area (Å²) in [7, 11) is 1.94. The number of nitrogens with zero attached hydrogens (tertiary/aromatic N) is 2. The Balaban J connectivity index is 1.51. The summed E-state index contributed by atoms with van der Waals surface area (Å²) in [5, 5.41) is 0. The van der Waals surface area contributed by atoms with Crippen LogP contribution in [0, 0.1) is 11.7 Å². The molecule has 1 aromatic rings. The molecule has 2 aliphatic rings. The fourth-order valence-corrected chi connectivity index (χ4v) is 3.13. The molecule has 0 bridgehead atoms. The lowest BCUT2D eigenvalue weighted by atomic mass is 10.0. The molecular formula is C17H23FN2O. The predicted octanol–water partition coefficient (Wildman–Crippen LogP) is 2.66. The molecule has 0 unspecified atom stereocenters. The van der Waals surface area contributed by atoms with Gasteiger partial charge in [-0.15, -0.1) is 0 Å². The minimum Gasteiger partial charge on any atom is -0.342 e. The van der Waals surface area contributed by atoms with Gasteiger partial charge in [-0.05, 0) is 31.7 Å². The molecule has 0 N–H and O–H groups in total. The summed E-state index contributed by atoms with van der Waals surface area (Å²) in [6.45, 7) is 2.53. The number of hydrogen-bond donors (Lipinski definition) is 0. The Morgan fingerprint density at radius 1 is 1.24 bits per heavy atom. The summed E-state index contributed by atoms with van der Waals surface area (Å²) >= 11 is 0. The third-order valence-electron chi connectivity index (χ3n) is 4.73. The Morgan fingerprint density at radius 2 is 1.90 bits per heavy atom. The minimum absolute atomic E-state index is 0.124. The van der Waals surface area contributed by atoms with Crippen LogP contribution >= 0.6 is 0 Å². The van der Waals surface area contributed by atoms with Gasteiger partial charge in [0, 0.05) is 44.2 Å². The quantitative estimate of drug-likeness (QED) is 0.851. The molecule has 1 aliphatic heterocycles. The first-order chi connectivity index (χ1) is 10.1.